The molecular weight excluding hydrogens is 292 g/mol. The molecule has 0 bridgehead atoms. The van der Waals surface area contributed by atoms with Crippen LogP contribution >= 0.6 is 11.3 Å². The zero-order chi connectivity index (χ0) is 15.2. The third-order valence-electron chi connectivity index (χ3n) is 2.76. The molecule has 0 aliphatic carbocycles. The summed E-state index contributed by atoms with van der Waals surface area (Å²) < 4.78 is 26.9. The zero-order valence-corrected chi connectivity index (χ0v) is 14.1. The van der Waals surface area contributed by atoms with E-state index in [1.807, 2.05) is 19.9 Å². The van der Waals surface area contributed by atoms with Crippen molar-refractivity contribution in [1.82, 2.24) is 9.62 Å². The Morgan fingerprint density at radius 2 is 2.10 bits per heavy atom. The number of likely N-dealkylation sites (N-methyl/N-ethyl adjacent to an activating group) is 1. The highest BCUT2D eigenvalue weighted by molar-refractivity contribution is 7.91. The Balaban J connectivity index is 2.83. The van der Waals surface area contributed by atoms with Gasteiger partial charge in [-0.15, -0.1) is 11.3 Å². The molecule has 1 N–H and O–H groups in total. The van der Waals surface area contributed by atoms with Gasteiger partial charge in [-0.3, -0.25) is 0 Å². The average molecular weight is 316 g/mol. The van der Waals surface area contributed by atoms with Crippen molar-refractivity contribution in [2.24, 2.45) is 0 Å². The first-order valence-corrected chi connectivity index (χ1v) is 9.11. The van der Waals surface area contributed by atoms with Crippen LogP contribution in [0.1, 0.15) is 32.1 Å². The Hall–Kier alpha value is -0.690. The van der Waals surface area contributed by atoms with Crippen LogP contribution in [0, 0.1) is 0 Å². The van der Waals surface area contributed by atoms with E-state index in [-0.39, 0.29) is 0 Å². The summed E-state index contributed by atoms with van der Waals surface area (Å²) in [6.45, 7) is 12.1. The van der Waals surface area contributed by atoms with Crippen LogP contribution < -0.4 is 5.32 Å². The molecule has 0 aromatic carbocycles. The maximum atomic E-state index is 12.5. The summed E-state index contributed by atoms with van der Waals surface area (Å²) in [4.78, 5) is 1.04. The van der Waals surface area contributed by atoms with Crippen molar-refractivity contribution in [2.75, 3.05) is 19.6 Å². The standard InChI is InChI=1S/C14H24N2O2S2/c1-5-9-15-10-13-7-8-14(19-13)20(17,18)16(6-2)11-12(3)4/h7-8,15H,3,5-6,9-11H2,1-2,4H3. The van der Waals surface area contributed by atoms with Gasteiger partial charge < -0.3 is 5.32 Å². The summed E-state index contributed by atoms with van der Waals surface area (Å²) in [5.41, 5.74) is 0.844. The summed E-state index contributed by atoms with van der Waals surface area (Å²) in [7, 11) is -3.39. The minimum atomic E-state index is -3.39. The molecule has 20 heavy (non-hydrogen) atoms. The minimum absolute atomic E-state index is 0.375. The van der Waals surface area contributed by atoms with Gasteiger partial charge in [0.25, 0.3) is 10.0 Å². The Bertz CT molecular complexity index is 535. The molecule has 1 heterocycles. The molecule has 0 fully saturated rings. The van der Waals surface area contributed by atoms with Gasteiger partial charge in [0.2, 0.25) is 0 Å². The summed E-state index contributed by atoms with van der Waals surface area (Å²) in [6, 6.07) is 3.58. The Morgan fingerprint density at radius 3 is 2.65 bits per heavy atom. The van der Waals surface area contributed by atoms with Gasteiger partial charge >= 0.3 is 0 Å². The normalized spacial score (nSPS) is 12.0. The first-order chi connectivity index (χ1) is 9.41. The lowest BCUT2D eigenvalue weighted by atomic mass is 10.3. The summed E-state index contributed by atoms with van der Waals surface area (Å²) in [5, 5.41) is 3.28. The van der Waals surface area contributed by atoms with Crippen molar-refractivity contribution in [3.63, 3.8) is 0 Å². The van der Waals surface area contributed by atoms with Crippen LogP contribution in [0.4, 0.5) is 0 Å². The number of hydrogen-bond acceptors (Lipinski definition) is 4. The molecule has 0 atom stereocenters. The number of rotatable bonds is 9. The predicted octanol–water partition coefficient (Wildman–Crippen LogP) is 2.83. The molecule has 114 valence electrons. The zero-order valence-electron chi connectivity index (χ0n) is 12.5. The van der Waals surface area contributed by atoms with Crippen LogP contribution in [0.5, 0.6) is 0 Å². The van der Waals surface area contributed by atoms with Gasteiger partial charge in [-0.05, 0) is 32.0 Å². The molecule has 0 amide bonds. The van der Waals surface area contributed by atoms with Crippen LogP contribution in [0.15, 0.2) is 28.5 Å². The second-order valence-corrected chi connectivity index (χ2v) is 8.12. The molecule has 0 saturated carbocycles. The van der Waals surface area contributed by atoms with Gasteiger partial charge in [0.05, 0.1) is 0 Å². The van der Waals surface area contributed by atoms with E-state index in [0.717, 1.165) is 30.0 Å². The van der Waals surface area contributed by atoms with E-state index >= 15 is 0 Å². The van der Waals surface area contributed by atoms with E-state index in [1.54, 1.807) is 6.07 Å². The van der Waals surface area contributed by atoms with Gasteiger partial charge in [0.15, 0.2) is 0 Å². The van der Waals surface area contributed by atoms with Gasteiger partial charge in [0, 0.05) is 24.5 Å². The quantitative estimate of drug-likeness (QED) is 0.563. The highest BCUT2D eigenvalue weighted by atomic mass is 32.2. The molecule has 0 aliphatic rings. The van der Waals surface area contributed by atoms with E-state index in [4.69, 9.17) is 0 Å². The Morgan fingerprint density at radius 1 is 1.40 bits per heavy atom. The SMILES string of the molecule is C=C(C)CN(CC)S(=O)(=O)c1ccc(CNCCC)s1. The average Bonchev–Trinajstić information content (AvgIpc) is 2.85. The molecular formula is C14H24N2O2S2. The van der Waals surface area contributed by atoms with Gasteiger partial charge in [0.1, 0.15) is 4.21 Å². The smallest absolute Gasteiger partial charge is 0.252 e. The van der Waals surface area contributed by atoms with Crippen LogP contribution in [0.3, 0.4) is 0 Å². The monoisotopic (exact) mass is 316 g/mol. The van der Waals surface area contributed by atoms with E-state index in [0.29, 0.717) is 17.3 Å². The molecule has 4 nitrogen and oxygen atoms in total. The van der Waals surface area contributed by atoms with Crippen LogP contribution in [-0.2, 0) is 16.6 Å². The lowest BCUT2D eigenvalue weighted by molar-refractivity contribution is 0.454. The third kappa shape index (κ3) is 4.70. The maximum absolute atomic E-state index is 12.5. The fraction of sp³-hybridized carbons (Fsp3) is 0.571. The van der Waals surface area contributed by atoms with Crippen LogP contribution in [0.25, 0.3) is 0 Å². The van der Waals surface area contributed by atoms with E-state index in [9.17, 15) is 8.42 Å². The fourth-order valence-electron chi connectivity index (χ4n) is 1.78. The van der Waals surface area contributed by atoms with E-state index in [2.05, 4.69) is 18.8 Å². The second kappa shape index (κ2) is 7.93. The first kappa shape index (κ1) is 17.4. The van der Waals surface area contributed by atoms with Crippen molar-refractivity contribution in [3.8, 4) is 0 Å². The number of sulfonamides is 1. The van der Waals surface area contributed by atoms with Crippen molar-refractivity contribution in [3.05, 3.63) is 29.2 Å². The largest absolute Gasteiger partial charge is 0.312 e. The topological polar surface area (TPSA) is 49.4 Å². The van der Waals surface area contributed by atoms with Crippen molar-refractivity contribution in [1.29, 1.82) is 0 Å². The Kier molecular flexibility index (Phi) is 6.88. The molecule has 1 aromatic heterocycles. The number of hydrogen-bond donors (Lipinski definition) is 1. The maximum Gasteiger partial charge on any atom is 0.252 e. The van der Waals surface area contributed by atoms with Crippen molar-refractivity contribution < 1.29 is 8.42 Å². The molecule has 0 radical (unpaired) electrons. The number of thiophene rings is 1. The van der Waals surface area contributed by atoms with E-state index in [1.165, 1.54) is 15.6 Å². The molecule has 0 aliphatic heterocycles. The van der Waals surface area contributed by atoms with Gasteiger partial charge in [-0.2, -0.15) is 4.31 Å². The molecule has 0 saturated heterocycles. The summed E-state index contributed by atoms with van der Waals surface area (Å²) in [5.74, 6) is 0. The van der Waals surface area contributed by atoms with Crippen molar-refractivity contribution >= 4 is 21.4 Å². The van der Waals surface area contributed by atoms with Gasteiger partial charge in [-0.1, -0.05) is 26.0 Å². The van der Waals surface area contributed by atoms with E-state index < -0.39 is 10.0 Å². The molecule has 1 rings (SSSR count). The Labute approximate surface area is 126 Å². The molecule has 1 aromatic rings. The summed E-state index contributed by atoms with van der Waals surface area (Å²) >= 11 is 1.34. The third-order valence-corrected chi connectivity index (χ3v) is 6.23. The fourth-order valence-corrected chi connectivity index (χ4v) is 4.76. The van der Waals surface area contributed by atoms with Crippen LogP contribution in [-0.4, -0.2) is 32.4 Å². The lowest BCUT2D eigenvalue weighted by Gasteiger charge is -2.19. The van der Waals surface area contributed by atoms with Gasteiger partial charge in [-0.25, -0.2) is 8.42 Å². The molecule has 0 unspecified atom stereocenters. The molecule has 6 heteroatoms. The lowest BCUT2D eigenvalue weighted by Crippen LogP contribution is -2.31. The first-order valence-electron chi connectivity index (χ1n) is 6.85. The second-order valence-electron chi connectivity index (χ2n) is 4.79. The highest BCUT2D eigenvalue weighted by Crippen LogP contribution is 2.25. The summed E-state index contributed by atoms with van der Waals surface area (Å²) in [6.07, 6.45) is 1.07. The van der Waals surface area contributed by atoms with Crippen molar-refractivity contribution in [2.45, 2.75) is 37.9 Å². The van der Waals surface area contributed by atoms with Crippen LogP contribution in [0.2, 0.25) is 0 Å². The number of nitrogens with one attached hydrogen (secondary N) is 1. The minimum Gasteiger partial charge on any atom is -0.312 e. The molecule has 0 spiro atoms. The highest BCUT2D eigenvalue weighted by Gasteiger charge is 2.24. The predicted molar refractivity (Wildman–Crippen MR) is 85.6 cm³/mol. The number of nitrogens with zero attached hydrogens (tertiary/aromatic N) is 1.